The van der Waals surface area contributed by atoms with Crippen LogP contribution in [0.15, 0.2) is 82.6 Å². The predicted octanol–water partition coefficient (Wildman–Crippen LogP) is 5.53. The SMILES string of the molecule is Cc1ccc(OC(F)F)c(Cn2c3nc(-c4cnc(N5CCN(C(=O)CO)C[C@H]5C)nc4)ccc3c(=O)n2C)c1.Cc1ccc(OC(F)F)c(Cn2c3nc(Cl)ccc3c(=O)n2C)c1. The highest BCUT2D eigenvalue weighted by molar-refractivity contribution is 6.29. The highest BCUT2D eigenvalue weighted by Gasteiger charge is 2.28. The Hall–Kier alpha value is -6.80. The molecular formula is C43H43ClF4N10O6. The average Bonchev–Trinajstić information content (AvgIpc) is 3.64. The summed E-state index contributed by atoms with van der Waals surface area (Å²) in [4.78, 5) is 58.6. The van der Waals surface area contributed by atoms with E-state index in [0.717, 1.165) is 11.1 Å². The summed E-state index contributed by atoms with van der Waals surface area (Å²) in [6.45, 7) is 0.921. The Morgan fingerprint density at radius 2 is 1.30 bits per heavy atom. The van der Waals surface area contributed by atoms with Crippen molar-refractivity contribution in [3.8, 4) is 22.8 Å². The first-order chi connectivity index (χ1) is 30.5. The molecule has 16 nitrogen and oxygen atoms in total. The van der Waals surface area contributed by atoms with Gasteiger partial charge in [-0.2, -0.15) is 17.6 Å². The van der Waals surface area contributed by atoms with Crippen LogP contribution in [0.1, 0.15) is 29.2 Å². The van der Waals surface area contributed by atoms with E-state index < -0.39 is 19.8 Å². The minimum Gasteiger partial charge on any atom is -0.434 e. The lowest BCUT2D eigenvalue weighted by molar-refractivity contribution is -0.134. The molecule has 1 atom stereocenters. The lowest BCUT2D eigenvalue weighted by Gasteiger charge is -2.39. The van der Waals surface area contributed by atoms with Gasteiger partial charge in [-0.25, -0.2) is 19.9 Å². The standard InChI is InChI=1S/C27H29F2N7O4.C16H14ClF2N3O2/c1-16-4-7-22(40-26(28)29)18(10-16)14-36-24-20(25(39)33(36)3)5-6-21(32-24)19-11-30-27(31-12-19)35-9-8-34(13-17(35)2)23(38)15-37;1-9-3-5-12(24-16(18)19)10(7-9)8-22-14-11(15(23)21(22)2)4-6-13(17)20-14/h4-7,10-12,17,26,37H,8-9,13-15H2,1-3H3;3-7,16H,8H2,1-2H3/t17-;/m1./s1. The quantitative estimate of drug-likeness (QED) is 0.128. The van der Waals surface area contributed by atoms with Gasteiger partial charge < -0.3 is 24.4 Å². The smallest absolute Gasteiger partial charge is 0.387 e. The second kappa shape index (κ2) is 18.9. The Kier molecular flexibility index (Phi) is 13.4. The maximum atomic E-state index is 13.0. The van der Waals surface area contributed by atoms with Crippen molar-refractivity contribution in [3.63, 3.8) is 0 Å². The second-order valence-electron chi connectivity index (χ2n) is 15.1. The molecule has 0 saturated carbocycles. The van der Waals surface area contributed by atoms with Crippen molar-refractivity contribution in [2.75, 3.05) is 31.1 Å². The number of aromatic nitrogens is 8. The number of ether oxygens (including phenoxy) is 2. The number of fused-ring (bicyclic) bond motifs is 2. The van der Waals surface area contributed by atoms with Gasteiger partial charge >= 0.3 is 13.2 Å². The Balaban J connectivity index is 0.000000217. The Labute approximate surface area is 367 Å². The van der Waals surface area contributed by atoms with Crippen LogP contribution in [0.3, 0.4) is 0 Å². The summed E-state index contributed by atoms with van der Waals surface area (Å²) in [7, 11) is 3.18. The van der Waals surface area contributed by atoms with Crippen LogP contribution in [-0.4, -0.2) is 100 Å². The largest absolute Gasteiger partial charge is 0.434 e. The number of piperazine rings is 1. The van der Waals surface area contributed by atoms with Gasteiger partial charge in [0.2, 0.25) is 11.9 Å². The highest BCUT2D eigenvalue weighted by Crippen LogP contribution is 2.27. The summed E-state index contributed by atoms with van der Waals surface area (Å²) in [5, 5.41) is 10.2. The number of aliphatic hydroxyl groups is 1. The predicted molar refractivity (Wildman–Crippen MR) is 230 cm³/mol. The van der Waals surface area contributed by atoms with E-state index in [1.54, 1.807) is 83.2 Å². The summed E-state index contributed by atoms with van der Waals surface area (Å²) in [5.74, 6) is 0.303. The summed E-state index contributed by atoms with van der Waals surface area (Å²) in [6, 6.07) is 16.3. The molecule has 1 N–H and O–H groups in total. The van der Waals surface area contributed by atoms with E-state index in [9.17, 15) is 31.9 Å². The van der Waals surface area contributed by atoms with E-state index in [4.69, 9.17) is 26.4 Å². The third-order valence-corrected chi connectivity index (χ3v) is 11.0. The highest BCUT2D eigenvalue weighted by atomic mass is 35.5. The Morgan fingerprint density at radius 3 is 1.80 bits per heavy atom. The number of hydrogen-bond acceptors (Lipinski definition) is 11. The molecule has 0 unspecified atom stereocenters. The molecule has 6 heterocycles. The monoisotopic (exact) mass is 906 g/mol. The number of aryl methyl sites for hydroxylation is 2. The fourth-order valence-electron chi connectivity index (χ4n) is 7.57. The first kappa shape index (κ1) is 45.2. The van der Waals surface area contributed by atoms with Gasteiger partial charge in [-0.05, 0) is 57.2 Å². The molecule has 0 aliphatic carbocycles. The first-order valence-corrected chi connectivity index (χ1v) is 20.3. The lowest BCUT2D eigenvalue weighted by atomic mass is 10.1. The second-order valence-corrected chi connectivity index (χ2v) is 15.5. The molecule has 0 bridgehead atoms. The molecule has 0 spiro atoms. The van der Waals surface area contributed by atoms with Gasteiger partial charge in [0.1, 0.15) is 23.3 Å². The third-order valence-electron chi connectivity index (χ3n) is 10.8. The number of hydrogen-bond donors (Lipinski definition) is 1. The summed E-state index contributed by atoms with van der Waals surface area (Å²) in [5.41, 5.74) is 4.20. The van der Waals surface area contributed by atoms with Crippen LogP contribution in [0.25, 0.3) is 33.3 Å². The third kappa shape index (κ3) is 9.57. The molecular weight excluding hydrogens is 864 g/mol. The molecule has 8 rings (SSSR count). The van der Waals surface area contributed by atoms with Crippen molar-refractivity contribution >= 4 is 45.5 Å². The van der Waals surface area contributed by atoms with E-state index in [2.05, 4.69) is 19.7 Å². The fourth-order valence-corrected chi connectivity index (χ4v) is 7.71. The van der Waals surface area contributed by atoms with Crippen LogP contribution in [-0.2, 0) is 32.0 Å². The van der Waals surface area contributed by atoms with Gasteiger partial charge in [-0.3, -0.25) is 33.1 Å². The van der Waals surface area contributed by atoms with Crippen LogP contribution in [0.2, 0.25) is 5.15 Å². The van der Waals surface area contributed by atoms with Crippen molar-refractivity contribution in [1.82, 2.24) is 43.6 Å². The first-order valence-electron chi connectivity index (χ1n) is 19.9. The summed E-state index contributed by atoms with van der Waals surface area (Å²) < 4.78 is 66.5. The van der Waals surface area contributed by atoms with Crippen LogP contribution in [0.5, 0.6) is 11.5 Å². The minimum absolute atomic E-state index is 0.0332. The zero-order valence-corrected chi connectivity index (χ0v) is 36.0. The van der Waals surface area contributed by atoms with Gasteiger partial charge in [0.05, 0.1) is 29.6 Å². The molecule has 2 aromatic carbocycles. The van der Waals surface area contributed by atoms with Crippen molar-refractivity contribution in [3.05, 3.63) is 121 Å². The van der Waals surface area contributed by atoms with Gasteiger partial charge in [0.25, 0.3) is 11.1 Å². The van der Waals surface area contributed by atoms with Crippen molar-refractivity contribution in [2.24, 2.45) is 14.1 Å². The number of halogens is 5. The number of amides is 1. The molecule has 1 fully saturated rings. The van der Waals surface area contributed by atoms with Crippen molar-refractivity contribution in [1.29, 1.82) is 0 Å². The topological polar surface area (TPSA) is 168 Å². The molecule has 7 aromatic rings. The lowest BCUT2D eigenvalue weighted by Crippen LogP contribution is -2.54. The molecule has 1 amide bonds. The Morgan fingerprint density at radius 1 is 0.781 bits per heavy atom. The molecule has 5 aromatic heterocycles. The molecule has 21 heteroatoms. The fraction of sp³-hybridized carbons (Fsp3) is 0.326. The van der Waals surface area contributed by atoms with Crippen molar-refractivity contribution < 1.29 is 36.9 Å². The molecule has 1 aliphatic heterocycles. The summed E-state index contributed by atoms with van der Waals surface area (Å²) in [6.07, 6.45) is 3.30. The van der Waals surface area contributed by atoms with Crippen LogP contribution in [0.4, 0.5) is 23.5 Å². The van der Waals surface area contributed by atoms with E-state index in [1.165, 1.54) is 27.6 Å². The molecule has 1 aliphatic rings. The van der Waals surface area contributed by atoms with Crippen molar-refractivity contribution in [2.45, 2.75) is 53.1 Å². The normalized spacial score (nSPS) is 14.1. The van der Waals surface area contributed by atoms with Gasteiger partial charge in [0, 0.05) is 68.9 Å². The number of pyridine rings is 2. The van der Waals surface area contributed by atoms with E-state index >= 15 is 0 Å². The number of carbonyl (C=O) groups is 1. The minimum atomic E-state index is -2.98. The maximum absolute atomic E-state index is 13.0. The van der Waals surface area contributed by atoms with Crippen LogP contribution >= 0.6 is 11.6 Å². The maximum Gasteiger partial charge on any atom is 0.387 e. The summed E-state index contributed by atoms with van der Waals surface area (Å²) >= 11 is 5.92. The number of anilines is 1. The van der Waals surface area contributed by atoms with Gasteiger partial charge in [-0.15, -0.1) is 0 Å². The zero-order chi connectivity index (χ0) is 46.0. The van der Waals surface area contributed by atoms with Crippen LogP contribution in [0, 0.1) is 13.8 Å². The number of benzene rings is 2. The van der Waals surface area contributed by atoms with Crippen LogP contribution < -0.4 is 25.5 Å². The van der Waals surface area contributed by atoms with Gasteiger partial charge in [0.15, 0.2) is 11.3 Å². The van der Waals surface area contributed by atoms with Gasteiger partial charge in [-0.1, -0.05) is 47.0 Å². The number of nitrogens with zero attached hydrogens (tertiary/aromatic N) is 10. The van der Waals surface area contributed by atoms with E-state index in [-0.39, 0.29) is 52.8 Å². The molecule has 64 heavy (non-hydrogen) atoms. The number of carbonyl (C=O) groups excluding carboxylic acids is 1. The van der Waals surface area contributed by atoms with E-state index in [1.807, 2.05) is 25.7 Å². The number of aliphatic hydroxyl groups excluding tert-OH is 1. The number of rotatable bonds is 11. The zero-order valence-electron chi connectivity index (χ0n) is 35.3. The molecule has 1 saturated heterocycles. The molecule has 0 radical (unpaired) electrons. The average molecular weight is 907 g/mol. The molecule has 336 valence electrons. The number of alkyl halides is 4. The van der Waals surface area contributed by atoms with E-state index in [0.29, 0.717) is 70.0 Å². The Bertz CT molecular complexity index is 2960.